The van der Waals surface area contributed by atoms with Gasteiger partial charge in [-0.2, -0.15) is 0 Å². The van der Waals surface area contributed by atoms with Crippen LogP contribution in [0.4, 0.5) is 0 Å². The Morgan fingerprint density at radius 1 is 0.966 bits per heavy atom. The second-order valence-electron chi connectivity index (χ2n) is 7.56. The highest BCUT2D eigenvalue weighted by atomic mass is 16.5. The lowest BCUT2D eigenvalue weighted by Gasteiger charge is -2.32. The van der Waals surface area contributed by atoms with Crippen LogP contribution in [0.15, 0.2) is 78.6 Å². The number of rotatable bonds is 4. The van der Waals surface area contributed by atoms with Crippen molar-refractivity contribution in [1.29, 1.82) is 0 Å². The molecule has 0 aromatic heterocycles. The third-order valence-electron chi connectivity index (χ3n) is 5.67. The lowest BCUT2D eigenvalue weighted by Crippen LogP contribution is -2.40. The number of hydrogen-bond donors (Lipinski definition) is 2. The van der Waals surface area contributed by atoms with E-state index in [1.54, 1.807) is 12.1 Å². The molecule has 5 nitrogen and oxygen atoms in total. The molecule has 5 rings (SSSR count). The second kappa shape index (κ2) is 7.78. The zero-order chi connectivity index (χ0) is 19.6. The van der Waals surface area contributed by atoms with Crippen molar-refractivity contribution in [2.24, 2.45) is 0 Å². The summed E-state index contributed by atoms with van der Waals surface area (Å²) in [5.41, 5.74) is 5.88. The number of nitrogens with one attached hydrogen (secondary N) is 1. The molecule has 5 heteroatoms. The molecule has 0 saturated carbocycles. The minimum absolute atomic E-state index is 0.0994. The number of benzene rings is 2. The van der Waals surface area contributed by atoms with Crippen LogP contribution in [-0.2, 0) is 4.74 Å². The van der Waals surface area contributed by atoms with Crippen LogP contribution in [0.1, 0.15) is 11.1 Å². The number of phenolic OH excluding ortho intramolecular Hbond substituents is 1. The van der Waals surface area contributed by atoms with Gasteiger partial charge in [-0.25, -0.2) is 0 Å². The number of aromatic hydroxyl groups is 1. The van der Waals surface area contributed by atoms with Crippen LogP contribution in [0.2, 0.25) is 0 Å². The van der Waals surface area contributed by atoms with E-state index in [4.69, 9.17) is 4.74 Å². The molecule has 0 bridgehead atoms. The van der Waals surface area contributed by atoms with Crippen LogP contribution in [0.3, 0.4) is 0 Å². The van der Waals surface area contributed by atoms with Crippen LogP contribution in [0.25, 0.3) is 11.3 Å². The lowest BCUT2D eigenvalue weighted by atomic mass is 10.0. The van der Waals surface area contributed by atoms with Crippen LogP contribution >= 0.6 is 0 Å². The van der Waals surface area contributed by atoms with E-state index < -0.39 is 0 Å². The topological polar surface area (TPSA) is 48.0 Å². The highest BCUT2D eigenvalue weighted by molar-refractivity contribution is 5.78. The van der Waals surface area contributed by atoms with Gasteiger partial charge >= 0.3 is 0 Å². The zero-order valence-corrected chi connectivity index (χ0v) is 16.3. The molecule has 0 spiro atoms. The molecule has 3 aliphatic heterocycles. The smallest absolute Gasteiger partial charge is 0.123 e. The summed E-state index contributed by atoms with van der Waals surface area (Å²) in [6.45, 7) is 4.30. The minimum atomic E-state index is 0.0994. The number of hydrogen-bond acceptors (Lipinski definition) is 5. The van der Waals surface area contributed by atoms with E-state index >= 15 is 0 Å². The minimum Gasteiger partial charge on any atom is -0.508 e. The molecule has 2 aromatic carbocycles. The molecule has 3 aliphatic rings. The van der Waals surface area contributed by atoms with E-state index in [0.717, 1.165) is 44.1 Å². The first kappa shape index (κ1) is 18.0. The first-order valence-electron chi connectivity index (χ1n) is 10.1. The van der Waals surface area contributed by atoms with Gasteiger partial charge in [-0.15, -0.1) is 0 Å². The average Bonchev–Trinajstić information content (AvgIpc) is 3.13. The molecule has 2 aromatic rings. The number of ether oxygens (including phenoxy) is 1. The van der Waals surface area contributed by atoms with Gasteiger partial charge in [-0.1, -0.05) is 36.4 Å². The standard InChI is InChI=1S/C24H25N3O2/c28-21-9-6-19(7-10-21)24-22(17-26-12-14-29-15-13-26)27-16-20(8-11-23(27)25-24)18-4-2-1-3-5-18/h1-11,16,23,25,28H,12-15,17H2. The molecule has 1 atom stereocenters. The van der Waals surface area contributed by atoms with Crippen molar-refractivity contribution < 1.29 is 9.84 Å². The fraction of sp³-hybridized carbons (Fsp3) is 0.250. The molecule has 1 saturated heterocycles. The number of morpholine rings is 1. The quantitative estimate of drug-likeness (QED) is 0.844. The van der Waals surface area contributed by atoms with Crippen molar-refractivity contribution in [3.63, 3.8) is 0 Å². The molecular formula is C24H25N3O2. The first-order valence-corrected chi connectivity index (χ1v) is 10.1. The van der Waals surface area contributed by atoms with Gasteiger partial charge in [0, 0.05) is 25.8 Å². The summed E-state index contributed by atoms with van der Waals surface area (Å²) in [4.78, 5) is 4.79. The number of allylic oxidation sites excluding steroid dienone is 2. The fourth-order valence-electron chi connectivity index (χ4n) is 4.10. The van der Waals surface area contributed by atoms with Gasteiger partial charge < -0.3 is 20.1 Å². The lowest BCUT2D eigenvalue weighted by molar-refractivity contribution is 0.0401. The molecular weight excluding hydrogens is 362 g/mol. The third-order valence-corrected chi connectivity index (χ3v) is 5.67. The maximum absolute atomic E-state index is 9.70. The van der Waals surface area contributed by atoms with Gasteiger partial charge in [-0.05, 0) is 47.0 Å². The molecule has 0 amide bonds. The van der Waals surface area contributed by atoms with Crippen LogP contribution in [-0.4, -0.2) is 53.9 Å². The Labute approximate surface area is 171 Å². The van der Waals surface area contributed by atoms with Gasteiger partial charge in [-0.3, -0.25) is 4.90 Å². The zero-order valence-electron chi connectivity index (χ0n) is 16.3. The average molecular weight is 387 g/mol. The Hall–Kier alpha value is -3.02. The van der Waals surface area contributed by atoms with E-state index in [1.165, 1.54) is 16.8 Å². The Morgan fingerprint density at radius 3 is 2.48 bits per heavy atom. The number of fused-ring (bicyclic) bond motifs is 1. The highest BCUT2D eigenvalue weighted by Crippen LogP contribution is 2.34. The Balaban J connectivity index is 1.52. The summed E-state index contributed by atoms with van der Waals surface area (Å²) >= 11 is 0. The van der Waals surface area contributed by atoms with Gasteiger partial charge in [0.05, 0.1) is 24.6 Å². The van der Waals surface area contributed by atoms with E-state index in [1.807, 2.05) is 18.2 Å². The van der Waals surface area contributed by atoms with E-state index in [-0.39, 0.29) is 11.9 Å². The van der Waals surface area contributed by atoms with Crippen LogP contribution in [0, 0.1) is 0 Å². The summed E-state index contributed by atoms with van der Waals surface area (Å²) in [5, 5.41) is 13.4. The Morgan fingerprint density at radius 2 is 1.72 bits per heavy atom. The molecule has 2 N–H and O–H groups in total. The summed E-state index contributed by atoms with van der Waals surface area (Å²) in [5.74, 6) is 0.283. The molecule has 0 aliphatic carbocycles. The van der Waals surface area contributed by atoms with Gasteiger partial charge in [0.15, 0.2) is 0 Å². The van der Waals surface area contributed by atoms with E-state index in [9.17, 15) is 5.11 Å². The Kier molecular flexibility index (Phi) is 4.84. The van der Waals surface area contributed by atoms with Gasteiger partial charge in [0.2, 0.25) is 0 Å². The second-order valence-corrected chi connectivity index (χ2v) is 7.56. The summed E-state index contributed by atoms with van der Waals surface area (Å²) in [7, 11) is 0. The predicted molar refractivity (Wildman–Crippen MR) is 115 cm³/mol. The normalized spacial score (nSPS) is 21.7. The highest BCUT2D eigenvalue weighted by Gasteiger charge is 2.32. The SMILES string of the molecule is Oc1ccc(C2=C(CN3CCOCC3)N3C=C(c4ccccc4)C=CC3N2)cc1. The van der Waals surface area contributed by atoms with Crippen molar-refractivity contribution in [1.82, 2.24) is 15.1 Å². The largest absolute Gasteiger partial charge is 0.508 e. The Bertz CT molecular complexity index is 957. The van der Waals surface area contributed by atoms with Gasteiger partial charge in [0.25, 0.3) is 0 Å². The van der Waals surface area contributed by atoms with Crippen molar-refractivity contribution in [3.8, 4) is 5.75 Å². The van der Waals surface area contributed by atoms with Gasteiger partial charge in [0.1, 0.15) is 11.9 Å². The predicted octanol–water partition coefficient (Wildman–Crippen LogP) is 3.24. The molecule has 148 valence electrons. The third kappa shape index (κ3) is 3.67. The maximum atomic E-state index is 9.70. The van der Waals surface area contributed by atoms with Crippen molar-refractivity contribution in [2.75, 3.05) is 32.8 Å². The summed E-state index contributed by atoms with van der Waals surface area (Å²) in [6, 6.07) is 17.9. The summed E-state index contributed by atoms with van der Waals surface area (Å²) < 4.78 is 5.53. The fourth-order valence-corrected chi connectivity index (χ4v) is 4.10. The van der Waals surface area contributed by atoms with E-state index in [2.05, 4.69) is 57.7 Å². The van der Waals surface area contributed by atoms with E-state index in [0.29, 0.717) is 0 Å². The van der Waals surface area contributed by atoms with Crippen molar-refractivity contribution in [2.45, 2.75) is 6.17 Å². The number of phenols is 1. The molecule has 29 heavy (non-hydrogen) atoms. The monoisotopic (exact) mass is 387 g/mol. The maximum Gasteiger partial charge on any atom is 0.123 e. The molecule has 0 radical (unpaired) electrons. The molecule has 1 unspecified atom stereocenters. The first-order chi connectivity index (χ1) is 14.3. The molecule has 1 fully saturated rings. The molecule has 3 heterocycles. The van der Waals surface area contributed by atoms with Crippen LogP contribution in [0.5, 0.6) is 5.75 Å². The van der Waals surface area contributed by atoms with Crippen molar-refractivity contribution >= 4 is 11.3 Å². The van der Waals surface area contributed by atoms with Crippen LogP contribution < -0.4 is 5.32 Å². The number of nitrogens with zero attached hydrogens (tertiary/aromatic N) is 2. The summed E-state index contributed by atoms with van der Waals surface area (Å²) in [6.07, 6.45) is 6.75. The van der Waals surface area contributed by atoms with Crippen molar-refractivity contribution in [3.05, 3.63) is 89.8 Å².